The number of primary amides is 1. The molecule has 0 aliphatic carbocycles. The largest absolute Gasteiger partial charge is 0.485 e. The molecule has 1 atom stereocenters. The van der Waals surface area contributed by atoms with Crippen molar-refractivity contribution in [2.75, 3.05) is 6.61 Å². The predicted octanol–water partition coefficient (Wildman–Crippen LogP) is 1.51. The number of carbonyl (C=O) groups is 1. The number of carbonyl (C=O) groups excluding carboxylic acids is 1. The summed E-state index contributed by atoms with van der Waals surface area (Å²) in [5.74, 6) is 0.742. The molecular weight excluding hydrogens is 230 g/mol. The van der Waals surface area contributed by atoms with Crippen LogP contribution in [0.15, 0.2) is 24.3 Å². The van der Waals surface area contributed by atoms with Crippen molar-refractivity contribution < 1.29 is 14.3 Å². The number of nitrogens with two attached hydrogens (primary N) is 1. The van der Waals surface area contributed by atoms with Gasteiger partial charge in [0, 0.05) is 0 Å². The summed E-state index contributed by atoms with van der Waals surface area (Å²) in [6, 6.07) is 7.25. The van der Waals surface area contributed by atoms with E-state index in [9.17, 15) is 4.79 Å². The van der Waals surface area contributed by atoms with Gasteiger partial charge >= 0.3 is 0 Å². The summed E-state index contributed by atoms with van der Waals surface area (Å²) < 4.78 is 11.1. The molecule has 1 aliphatic heterocycles. The Morgan fingerprint density at radius 2 is 2.06 bits per heavy atom. The van der Waals surface area contributed by atoms with Crippen LogP contribution in [-0.4, -0.2) is 18.1 Å². The van der Waals surface area contributed by atoms with Crippen LogP contribution in [0.3, 0.4) is 0 Å². The number of ether oxygens (including phenoxy) is 2. The molecular formula is C11H14ClNO3. The van der Waals surface area contributed by atoms with E-state index in [0.717, 1.165) is 0 Å². The van der Waals surface area contributed by atoms with E-state index in [2.05, 4.69) is 0 Å². The van der Waals surface area contributed by atoms with Gasteiger partial charge in [0.2, 0.25) is 5.60 Å². The molecule has 1 heterocycles. The summed E-state index contributed by atoms with van der Waals surface area (Å²) in [5, 5.41) is 0. The zero-order chi connectivity index (χ0) is 10.9. The zero-order valence-corrected chi connectivity index (χ0v) is 9.75. The van der Waals surface area contributed by atoms with Crippen molar-refractivity contribution in [2.24, 2.45) is 5.73 Å². The number of hydrogen-bond acceptors (Lipinski definition) is 3. The molecule has 2 rings (SSSR count). The van der Waals surface area contributed by atoms with Crippen molar-refractivity contribution in [1.82, 2.24) is 0 Å². The Labute approximate surface area is 100 Å². The number of halogens is 1. The first kappa shape index (κ1) is 12.6. The van der Waals surface area contributed by atoms with Crippen LogP contribution in [-0.2, 0) is 4.79 Å². The van der Waals surface area contributed by atoms with Gasteiger partial charge in [-0.2, -0.15) is 0 Å². The third kappa shape index (κ3) is 1.93. The van der Waals surface area contributed by atoms with Gasteiger partial charge in [-0.3, -0.25) is 4.79 Å². The van der Waals surface area contributed by atoms with E-state index in [0.29, 0.717) is 17.9 Å². The minimum atomic E-state index is -1.02. The molecule has 88 valence electrons. The molecule has 1 aliphatic rings. The van der Waals surface area contributed by atoms with Gasteiger partial charge in [0.05, 0.1) is 0 Å². The van der Waals surface area contributed by atoms with Crippen molar-refractivity contribution in [3.8, 4) is 11.5 Å². The van der Waals surface area contributed by atoms with E-state index in [1.54, 1.807) is 12.1 Å². The maximum atomic E-state index is 11.3. The fourth-order valence-electron chi connectivity index (χ4n) is 1.56. The molecule has 0 spiro atoms. The molecule has 0 aromatic heterocycles. The van der Waals surface area contributed by atoms with Crippen LogP contribution in [0.2, 0.25) is 0 Å². The van der Waals surface area contributed by atoms with Gasteiger partial charge in [0.25, 0.3) is 5.91 Å². The Hall–Kier alpha value is -1.42. The number of fused-ring (bicyclic) bond motifs is 1. The Kier molecular flexibility index (Phi) is 3.65. The highest BCUT2D eigenvalue weighted by Crippen LogP contribution is 2.35. The molecule has 2 N–H and O–H groups in total. The quantitative estimate of drug-likeness (QED) is 0.857. The Morgan fingerprint density at radius 1 is 1.44 bits per heavy atom. The van der Waals surface area contributed by atoms with E-state index in [1.165, 1.54) is 0 Å². The van der Waals surface area contributed by atoms with Crippen molar-refractivity contribution in [3.63, 3.8) is 0 Å². The lowest BCUT2D eigenvalue weighted by atomic mass is 10.00. The Balaban J connectivity index is 0.00000128. The van der Waals surface area contributed by atoms with Crippen molar-refractivity contribution in [3.05, 3.63) is 24.3 Å². The van der Waals surface area contributed by atoms with Gasteiger partial charge in [-0.15, -0.1) is 12.4 Å². The molecule has 0 fully saturated rings. The normalized spacial score (nSPS) is 22.1. The number of para-hydroxylation sites is 2. The van der Waals surface area contributed by atoms with E-state index in [-0.39, 0.29) is 19.0 Å². The second kappa shape index (κ2) is 4.61. The molecule has 1 aromatic rings. The van der Waals surface area contributed by atoms with Crippen molar-refractivity contribution in [2.45, 2.75) is 18.9 Å². The molecule has 1 amide bonds. The fourth-order valence-corrected chi connectivity index (χ4v) is 1.56. The molecule has 1 aromatic carbocycles. The first-order valence-electron chi connectivity index (χ1n) is 4.89. The minimum Gasteiger partial charge on any atom is -0.485 e. The number of benzene rings is 1. The zero-order valence-electron chi connectivity index (χ0n) is 8.93. The topological polar surface area (TPSA) is 61.6 Å². The molecule has 0 bridgehead atoms. The van der Waals surface area contributed by atoms with Gasteiger partial charge in [-0.05, 0) is 18.6 Å². The van der Waals surface area contributed by atoms with E-state index in [1.807, 2.05) is 19.1 Å². The smallest absolute Gasteiger partial charge is 0.265 e. The van der Waals surface area contributed by atoms with Crippen LogP contribution in [0, 0.1) is 0 Å². The molecule has 16 heavy (non-hydrogen) atoms. The Morgan fingerprint density at radius 3 is 2.62 bits per heavy atom. The second-order valence-corrected chi connectivity index (χ2v) is 3.55. The molecule has 0 saturated heterocycles. The summed E-state index contributed by atoms with van der Waals surface area (Å²) >= 11 is 0. The average molecular weight is 244 g/mol. The first-order valence-corrected chi connectivity index (χ1v) is 4.89. The summed E-state index contributed by atoms with van der Waals surface area (Å²) in [6.07, 6.45) is 0.497. The highest BCUT2D eigenvalue weighted by Gasteiger charge is 2.41. The van der Waals surface area contributed by atoms with Gasteiger partial charge in [0.1, 0.15) is 6.61 Å². The number of rotatable bonds is 2. The summed E-state index contributed by atoms with van der Waals surface area (Å²) in [7, 11) is 0. The maximum Gasteiger partial charge on any atom is 0.265 e. The van der Waals surface area contributed by atoms with Crippen LogP contribution in [0.25, 0.3) is 0 Å². The SMILES string of the molecule is CCC1(C(N)=O)COc2ccccc2O1.Cl. The van der Waals surface area contributed by atoms with Crippen LogP contribution >= 0.6 is 12.4 Å². The molecule has 0 saturated carbocycles. The third-order valence-corrected chi connectivity index (χ3v) is 2.64. The summed E-state index contributed by atoms with van der Waals surface area (Å²) in [5.41, 5.74) is 4.31. The van der Waals surface area contributed by atoms with Gasteiger partial charge in [0.15, 0.2) is 11.5 Å². The van der Waals surface area contributed by atoms with Crippen molar-refractivity contribution in [1.29, 1.82) is 0 Å². The van der Waals surface area contributed by atoms with Gasteiger partial charge in [-0.1, -0.05) is 19.1 Å². The predicted molar refractivity (Wildman–Crippen MR) is 62.0 cm³/mol. The van der Waals surface area contributed by atoms with Crippen molar-refractivity contribution >= 4 is 18.3 Å². The first-order chi connectivity index (χ1) is 7.18. The second-order valence-electron chi connectivity index (χ2n) is 3.55. The minimum absolute atomic E-state index is 0. The highest BCUT2D eigenvalue weighted by molar-refractivity contribution is 5.85. The van der Waals surface area contributed by atoms with Crippen LogP contribution in [0.1, 0.15) is 13.3 Å². The Bertz CT molecular complexity index is 397. The number of amides is 1. The van der Waals surface area contributed by atoms with E-state index < -0.39 is 11.5 Å². The van der Waals surface area contributed by atoms with E-state index >= 15 is 0 Å². The fraction of sp³-hybridized carbons (Fsp3) is 0.364. The lowest BCUT2D eigenvalue weighted by Crippen LogP contribution is -2.54. The number of hydrogen-bond donors (Lipinski definition) is 1. The van der Waals surface area contributed by atoms with Crippen LogP contribution in [0.5, 0.6) is 11.5 Å². The van der Waals surface area contributed by atoms with Crippen LogP contribution < -0.4 is 15.2 Å². The lowest BCUT2D eigenvalue weighted by molar-refractivity contribution is -0.138. The highest BCUT2D eigenvalue weighted by atomic mass is 35.5. The summed E-state index contributed by atoms with van der Waals surface area (Å²) in [4.78, 5) is 11.3. The molecule has 1 unspecified atom stereocenters. The molecule has 5 heteroatoms. The molecule has 0 radical (unpaired) electrons. The third-order valence-electron chi connectivity index (χ3n) is 2.64. The van der Waals surface area contributed by atoms with Gasteiger partial charge < -0.3 is 15.2 Å². The standard InChI is InChI=1S/C11H13NO3.ClH/c1-2-11(10(12)13)7-14-8-5-3-4-6-9(8)15-11;/h3-6H,2,7H2,1H3,(H2,12,13);1H. The average Bonchev–Trinajstić information content (AvgIpc) is 2.28. The van der Waals surface area contributed by atoms with Gasteiger partial charge in [-0.25, -0.2) is 0 Å². The summed E-state index contributed by atoms with van der Waals surface area (Å²) in [6.45, 7) is 2.03. The lowest BCUT2D eigenvalue weighted by Gasteiger charge is -2.34. The monoisotopic (exact) mass is 243 g/mol. The van der Waals surface area contributed by atoms with E-state index in [4.69, 9.17) is 15.2 Å². The van der Waals surface area contributed by atoms with Crippen LogP contribution in [0.4, 0.5) is 0 Å². The maximum absolute atomic E-state index is 11.3. The molecule has 4 nitrogen and oxygen atoms in total.